The van der Waals surface area contributed by atoms with Gasteiger partial charge < -0.3 is 38.9 Å². The van der Waals surface area contributed by atoms with Crippen LogP contribution in [0, 0.1) is 11.8 Å². The Morgan fingerprint density at radius 3 is 1.85 bits per heavy atom. The Hall–Kier alpha value is -3.54. The van der Waals surface area contributed by atoms with Crippen LogP contribution < -0.4 is 15.2 Å². The monoisotopic (exact) mass is 583 g/mol. The second-order valence-electron chi connectivity index (χ2n) is 10.4. The van der Waals surface area contributed by atoms with Crippen molar-refractivity contribution in [1.82, 2.24) is 0 Å². The van der Waals surface area contributed by atoms with Crippen molar-refractivity contribution in [1.29, 1.82) is 0 Å². The average Bonchev–Trinajstić information content (AvgIpc) is 2.88. The van der Waals surface area contributed by atoms with Crippen molar-refractivity contribution < 1.29 is 52.3 Å². The van der Waals surface area contributed by atoms with Crippen molar-refractivity contribution in [3.05, 3.63) is 23.8 Å². The Morgan fingerprint density at radius 2 is 1.32 bits per heavy atom. The minimum Gasteiger partial charge on any atom is -0.458 e. The zero-order valence-corrected chi connectivity index (χ0v) is 25.3. The standard InChI is InChI=1S/C29H45NO11/c1-9-10-13-35-27(32)36-16-19(6)37-26(31)23(30)14-22-11-12-24(40-28(33)38-20(7)17(2)3)25(15-22)41-29(34)39-21(8)18(4)5/h11-12,15,17-21,23H,9-10,13-14,16,30H2,1-8H3/t19-,20?,21?,23-/m0/s1. The van der Waals surface area contributed by atoms with Crippen molar-refractivity contribution in [2.24, 2.45) is 17.6 Å². The van der Waals surface area contributed by atoms with Crippen LogP contribution in [0.4, 0.5) is 14.4 Å². The van der Waals surface area contributed by atoms with Gasteiger partial charge in [-0.1, -0.05) is 47.1 Å². The molecule has 0 radical (unpaired) electrons. The van der Waals surface area contributed by atoms with Crippen molar-refractivity contribution in [2.45, 2.75) is 99.0 Å². The summed E-state index contributed by atoms with van der Waals surface area (Å²) in [5, 5.41) is 0. The molecule has 12 heteroatoms. The molecule has 0 heterocycles. The first-order chi connectivity index (χ1) is 19.2. The molecule has 0 bridgehead atoms. The van der Waals surface area contributed by atoms with E-state index in [-0.39, 0.29) is 43.0 Å². The van der Waals surface area contributed by atoms with Crippen molar-refractivity contribution in [3.8, 4) is 11.5 Å². The molecule has 1 aromatic carbocycles. The highest BCUT2D eigenvalue weighted by atomic mass is 16.8. The van der Waals surface area contributed by atoms with E-state index in [9.17, 15) is 19.2 Å². The summed E-state index contributed by atoms with van der Waals surface area (Å²) in [4.78, 5) is 48.8. The molecule has 12 nitrogen and oxygen atoms in total. The predicted molar refractivity (Wildman–Crippen MR) is 149 cm³/mol. The fraction of sp³-hybridized carbons (Fsp3) is 0.655. The Morgan fingerprint density at radius 1 is 0.756 bits per heavy atom. The molecule has 1 aromatic rings. The first kappa shape index (κ1) is 35.5. The molecule has 0 saturated heterocycles. The largest absolute Gasteiger partial charge is 0.514 e. The number of unbranched alkanes of at least 4 members (excludes halogenated alkanes) is 1. The number of rotatable bonds is 15. The fourth-order valence-electron chi connectivity index (χ4n) is 2.83. The lowest BCUT2D eigenvalue weighted by Crippen LogP contribution is -2.37. The van der Waals surface area contributed by atoms with Crippen LogP contribution >= 0.6 is 0 Å². The zero-order chi connectivity index (χ0) is 31.1. The van der Waals surface area contributed by atoms with Crippen LogP contribution in [0.3, 0.4) is 0 Å². The predicted octanol–water partition coefficient (Wildman–Crippen LogP) is 5.56. The third-order valence-electron chi connectivity index (χ3n) is 6.07. The molecule has 41 heavy (non-hydrogen) atoms. The minimum absolute atomic E-state index is 0.00557. The van der Waals surface area contributed by atoms with E-state index < -0.39 is 48.8 Å². The molecule has 0 aliphatic heterocycles. The molecule has 1 rings (SSSR count). The van der Waals surface area contributed by atoms with E-state index in [0.717, 1.165) is 6.42 Å². The van der Waals surface area contributed by atoms with Crippen LogP contribution in [-0.2, 0) is 34.9 Å². The van der Waals surface area contributed by atoms with Crippen molar-refractivity contribution >= 4 is 24.4 Å². The summed E-state index contributed by atoms with van der Waals surface area (Å²) in [6.45, 7) is 14.5. The van der Waals surface area contributed by atoms with Gasteiger partial charge in [0.25, 0.3) is 0 Å². The van der Waals surface area contributed by atoms with E-state index in [1.165, 1.54) is 12.1 Å². The van der Waals surface area contributed by atoms with E-state index in [0.29, 0.717) is 12.0 Å². The van der Waals surface area contributed by atoms with Crippen molar-refractivity contribution in [3.63, 3.8) is 0 Å². The molecule has 2 unspecified atom stereocenters. The van der Waals surface area contributed by atoms with Gasteiger partial charge in [-0.3, -0.25) is 4.79 Å². The van der Waals surface area contributed by atoms with Crippen LogP contribution in [0.1, 0.15) is 73.8 Å². The summed E-state index contributed by atoms with van der Waals surface area (Å²) < 4.78 is 36.2. The molecule has 0 amide bonds. The van der Waals surface area contributed by atoms with Gasteiger partial charge in [-0.2, -0.15) is 0 Å². The minimum atomic E-state index is -1.10. The molecule has 0 aliphatic rings. The molecule has 232 valence electrons. The van der Waals surface area contributed by atoms with E-state index in [2.05, 4.69) is 0 Å². The van der Waals surface area contributed by atoms with Crippen molar-refractivity contribution in [2.75, 3.05) is 13.2 Å². The zero-order valence-electron chi connectivity index (χ0n) is 25.3. The Labute approximate surface area is 242 Å². The maximum absolute atomic E-state index is 12.5. The van der Waals surface area contributed by atoms with Gasteiger partial charge in [-0.15, -0.1) is 0 Å². The summed E-state index contributed by atoms with van der Waals surface area (Å²) in [5.41, 5.74) is 6.52. The number of hydrogen-bond donors (Lipinski definition) is 1. The summed E-state index contributed by atoms with van der Waals surface area (Å²) in [6.07, 6.45) is -2.84. The number of carbonyl (C=O) groups excluding carboxylic acids is 4. The van der Waals surface area contributed by atoms with E-state index in [4.69, 9.17) is 38.9 Å². The first-order valence-corrected chi connectivity index (χ1v) is 13.9. The second kappa shape index (κ2) is 18.0. The SMILES string of the molecule is CCCCOC(=O)OC[C@H](C)OC(=O)[C@@H](N)Cc1ccc(OC(=O)OC(C)C(C)C)c(OC(=O)OC(C)C(C)C)c1. The molecule has 0 fully saturated rings. The highest BCUT2D eigenvalue weighted by Gasteiger charge is 2.24. The number of carbonyl (C=O) groups is 4. The quantitative estimate of drug-likeness (QED) is 0.119. The first-order valence-electron chi connectivity index (χ1n) is 13.9. The maximum Gasteiger partial charge on any atom is 0.514 e. The maximum atomic E-state index is 12.5. The van der Waals surface area contributed by atoms with E-state index in [1.54, 1.807) is 26.8 Å². The molecular formula is C29H45NO11. The normalized spacial score (nSPS) is 13.9. The summed E-state index contributed by atoms with van der Waals surface area (Å²) in [7, 11) is 0. The van der Waals surface area contributed by atoms with Crippen LogP contribution in [0.2, 0.25) is 0 Å². The lowest BCUT2D eigenvalue weighted by atomic mass is 10.1. The van der Waals surface area contributed by atoms with Gasteiger partial charge in [0.05, 0.1) is 6.61 Å². The molecule has 4 atom stereocenters. The Bertz CT molecular complexity index is 995. The highest BCUT2D eigenvalue weighted by Crippen LogP contribution is 2.30. The van der Waals surface area contributed by atoms with Gasteiger partial charge in [0.2, 0.25) is 0 Å². The van der Waals surface area contributed by atoms with Crippen LogP contribution in [0.15, 0.2) is 18.2 Å². The number of ether oxygens (including phenoxy) is 7. The average molecular weight is 584 g/mol. The van der Waals surface area contributed by atoms with Gasteiger partial charge in [0.1, 0.15) is 31.0 Å². The lowest BCUT2D eigenvalue weighted by Gasteiger charge is -2.19. The van der Waals surface area contributed by atoms with Gasteiger partial charge >= 0.3 is 24.4 Å². The van der Waals surface area contributed by atoms with Gasteiger partial charge in [-0.05, 0) is 63.1 Å². The fourth-order valence-corrected chi connectivity index (χ4v) is 2.83. The Kier molecular flexibility index (Phi) is 15.6. The summed E-state index contributed by atoms with van der Waals surface area (Å²) in [6, 6.07) is 3.25. The van der Waals surface area contributed by atoms with Crippen LogP contribution in [0.25, 0.3) is 0 Å². The molecule has 0 saturated carbocycles. The smallest absolute Gasteiger partial charge is 0.458 e. The Balaban J connectivity index is 2.90. The molecular weight excluding hydrogens is 538 g/mol. The molecule has 0 spiro atoms. The lowest BCUT2D eigenvalue weighted by molar-refractivity contribution is -0.152. The van der Waals surface area contributed by atoms with Gasteiger partial charge in [0.15, 0.2) is 11.5 Å². The third kappa shape index (κ3) is 14.1. The van der Waals surface area contributed by atoms with E-state index in [1.807, 2.05) is 34.6 Å². The summed E-state index contributed by atoms with van der Waals surface area (Å²) in [5.74, 6) is -0.846. The highest BCUT2D eigenvalue weighted by molar-refractivity contribution is 5.76. The summed E-state index contributed by atoms with van der Waals surface area (Å²) >= 11 is 0. The van der Waals surface area contributed by atoms with Crippen LogP contribution in [0.5, 0.6) is 11.5 Å². The number of esters is 1. The van der Waals surface area contributed by atoms with Gasteiger partial charge in [0, 0.05) is 0 Å². The molecule has 0 aromatic heterocycles. The molecule has 2 N–H and O–H groups in total. The van der Waals surface area contributed by atoms with Crippen LogP contribution in [-0.4, -0.2) is 62.0 Å². The number of benzene rings is 1. The van der Waals surface area contributed by atoms with Gasteiger partial charge in [-0.25, -0.2) is 14.4 Å². The number of hydrogen-bond acceptors (Lipinski definition) is 12. The topological polar surface area (TPSA) is 159 Å². The second-order valence-corrected chi connectivity index (χ2v) is 10.4. The molecule has 0 aliphatic carbocycles. The number of nitrogens with two attached hydrogens (primary N) is 1. The third-order valence-corrected chi connectivity index (χ3v) is 6.07. The van der Waals surface area contributed by atoms with E-state index >= 15 is 0 Å².